The quantitative estimate of drug-likeness (QED) is 0.756. The van der Waals surface area contributed by atoms with Gasteiger partial charge in [0.15, 0.2) is 5.13 Å². The average molecular weight is 390 g/mol. The van der Waals surface area contributed by atoms with Gasteiger partial charge in [-0.3, -0.25) is 4.72 Å². The molecule has 0 aliphatic carbocycles. The van der Waals surface area contributed by atoms with Crippen LogP contribution in [0.15, 0.2) is 45.6 Å². The summed E-state index contributed by atoms with van der Waals surface area (Å²) in [4.78, 5) is 3.84. The van der Waals surface area contributed by atoms with Crippen molar-refractivity contribution in [3.63, 3.8) is 0 Å². The minimum absolute atomic E-state index is 0.0169. The van der Waals surface area contributed by atoms with E-state index in [4.69, 9.17) is 0 Å². The minimum Gasteiger partial charge on any atom is -0.255 e. The highest BCUT2D eigenvalue weighted by atomic mass is 32.2. The van der Waals surface area contributed by atoms with Crippen molar-refractivity contribution in [2.75, 3.05) is 4.72 Å². The van der Waals surface area contributed by atoms with E-state index in [0.717, 1.165) is 11.3 Å². The van der Waals surface area contributed by atoms with Crippen LogP contribution in [0.1, 0.15) is 20.8 Å². The summed E-state index contributed by atoms with van der Waals surface area (Å²) in [5, 5.41) is 1.90. The first kappa shape index (κ1) is 18.8. The van der Waals surface area contributed by atoms with Crippen molar-refractivity contribution in [2.24, 2.45) is 5.92 Å². The van der Waals surface area contributed by atoms with Gasteiger partial charge in [-0.25, -0.2) is 26.5 Å². The summed E-state index contributed by atoms with van der Waals surface area (Å²) < 4.78 is 53.9. The van der Waals surface area contributed by atoms with E-state index >= 15 is 0 Å². The Hall–Kier alpha value is -1.49. The van der Waals surface area contributed by atoms with E-state index in [0.29, 0.717) is 0 Å². The summed E-state index contributed by atoms with van der Waals surface area (Å²) in [6, 6.07) is 4.82. The molecule has 7 nitrogen and oxygen atoms in total. The highest BCUT2D eigenvalue weighted by Gasteiger charge is 2.21. The molecule has 10 heteroatoms. The first-order chi connectivity index (χ1) is 11.1. The molecule has 0 amide bonds. The molecule has 0 radical (unpaired) electrons. The number of rotatable bonds is 7. The highest BCUT2D eigenvalue weighted by Crippen LogP contribution is 2.20. The third-order valence-corrected chi connectivity index (χ3v) is 7.19. The standard InChI is InChI=1S/C14H19N3O4S3/c1-10(2)11(3)16-23(18,19)12-4-6-13(7-5-12)24(20,21)17-14-15-8-9-22-14/h4-11,16H,1-3H3,(H,15,17)/t11-/m1/s1. The number of benzene rings is 1. The van der Waals surface area contributed by atoms with E-state index in [9.17, 15) is 16.8 Å². The first-order valence-corrected chi connectivity index (χ1v) is 11.0. The Balaban J connectivity index is 2.21. The second-order valence-electron chi connectivity index (χ2n) is 5.57. The fourth-order valence-electron chi connectivity index (χ4n) is 1.69. The Morgan fingerprint density at radius 3 is 1.96 bits per heavy atom. The lowest BCUT2D eigenvalue weighted by Gasteiger charge is -2.17. The SMILES string of the molecule is CC(C)[C@@H](C)NS(=O)(=O)c1ccc(S(=O)(=O)Nc2nccs2)cc1. The van der Waals surface area contributed by atoms with Gasteiger partial charge in [0.2, 0.25) is 10.0 Å². The fraction of sp³-hybridized carbons (Fsp3) is 0.357. The second kappa shape index (κ2) is 7.18. The van der Waals surface area contributed by atoms with Crippen LogP contribution >= 0.6 is 11.3 Å². The van der Waals surface area contributed by atoms with Gasteiger partial charge in [0.1, 0.15) is 0 Å². The largest absolute Gasteiger partial charge is 0.263 e. The zero-order chi connectivity index (χ0) is 18.0. The Bertz CT molecular complexity index is 874. The molecule has 0 aliphatic heterocycles. The van der Waals surface area contributed by atoms with E-state index < -0.39 is 20.0 Å². The van der Waals surface area contributed by atoms with Crippen LogP contribution in [0.3, 0.4) is 0 Å². The molecule has 0 spiro atoms. The lowest BCUT2D eigenvalue weighted by atomic mass is 10.1. The molecule has 0 aliphatic rings. The van der Waals surface area contributed by atoms with Gasteiger partial charge >= 0.3 is 0 Å². The maximum absolute atomic E-state index is 12.3. The van der Waals surface area contributed by atoms with Crippen LogP contribution in [0.25, 0.3) is 0 Å². The third-order valence-electron chi connectivity index (χ3n) is 3.44. The van der Waals surface area contributed by atoms with E-state index in [1.807, 2.05) is 13.8 Å². The van der Waals surface area contributed by atoms with E-state index in [2.05, 4.69) is 14.4 Å². The van der Waals surface area contributed by atoms with Gasteiger partial charge in [-0.1, -0.05) is 13.8 Å². The molecular formula is C14H19N3O4S3. The van der Waals surface area contributed by atoms with Gasteiger partial charge in [0.25, 0.3) is 10.0 Å². The van der Waals surface area contributed by atoms with E-state index in [-0.39, 0.29) is 26.9 Å². The molecule has 0 fully saturated rings. The molecule has 2 rings (SSSR count). The topological polar surface area (TPSA) is 105 Å². The molecule has 0 saturated heterocycles. The second-order valence-corrected chi connectivity index (χ2v) is 9.86. The van der Waals surface area contributed by atoms with Crippen molar-refractivity contribution in [3.8, 4) is 0 Å². The number of nitrogens with one attached hydrogen (secondary N) is 2. The van der Waals surface area contributed by atoms with Crippen molar-refractivity contribution < 1.29 is 16.8 Å². The smallest absolute Gasteiger partial charge is 0.255 e. The summed E-state index contributed by atoms with van der Waals surface area (Å²) in [6.07, 6.45) is 1.49. The van der Waals surface area contributed by atoms with Crippen LogP contribution in [0.5, 0.6) is 0 Å². The number of hydrogen-bond donors (Lipinski definition) is 2. The molecule has 1 aromatic carbocycles. The van der Waals surface area contributed by atoms with E-state index in [1.165, 1.54) is 30.5 Å². The molecule has 2 N–H and O–H groups in total. The third kappa shape index (κ3) is 4.53. The molecule has 0 saturated carbocycles. The summed E-state index contributed by atoms with van der Waals surface area (Å²) in [5.41, 5.74) is 0. The van der Waals surface area contributed by atoms with Crippen molar-refractivity contribution in [3.05, 3.63) is 35.8 Å². The maximum atomic E-state index is 12.3. The van der Waals surface area contributed by atoms with Crippen LogP contribution < -0.4 is 9.44 Å². The van der Waals surface area contributed by atoms with Crippen LogP contribution in [0.2, 0.25) is 0 Å². The number of thiazole rings is 1. The van der Waals surface area contributed by atoms with Gasteiger partial charge in [0.05, 0.1) is 9.79 Å². The first-order valence-electron chi connectivity index (χ1n) is 7.16. The Morgan fingerprint density at radius 2 is 1.50 bits per heavy atom. The molecule has 1 heterocycles. The lowest BCUT2D eigenvalue weighted by Crippen LogP contribution is -2.36. The molecule has 24 heavy (non-hydrogen) atoms. The average Bonchev–Trinajstić information content (AvgIpc) is 2.99. The molecular weight excluding hydrogens is 370 g/mol. The van der Waals surface area contributed by atoms with Crippen molar-refractivity contribution >= 4 is 36.5 Å². The lowest BCUT2D eigenvalue weighted by molar-refractivity contribution is 0.476. The van der Waals surface area contributed by atoms with Gasteiger partial charge in [-0.05, 0) is 37.1 Å². The number of sulfonamides is 2. The summed E-state index contributed by atoms with van der Waals surface area (Å²) in [6.45, 7) is 5.60. The summed E-state index contributed by atoms with van der Waals surface area (Å²) in [5.74, 6) is 0.141. The zero-order valence-electron chi connectivity index (χ0n) is 13.4. The molecule has 0 bridgehead atoms. The number of anilines is 1. The highest BCUT2D eigenvalue weighted by molar-refractivity contribution is 7.93. The summed E-state index contributed by atoms with van der Waals surface area (Å²) >= 11 is 1.15. The Morgan fingerprint density at radius 1 is 0.958 bits per heavy atom. The monoisotopic (exact) mass is 389 g/mol. The summed E-state index contributed by atoms with van der Waals surface area (Å²) in [7, 11) is -7.49. The van der Waals surface area contributed by atoms with Crippen LogP contribution in [0, 0.1) is 5.92 Å². The van der Waals surface area contributed by atoms with Crippen molar-refractivity contribution in [1.82, 2.24) is 9.71 Å². The van der Waals surface area contributed by atoms with Crippen molar-refractivity contribution in [2.45, 2.75) is 36.6 Å². The predicted molar refractivity (Wildman–Crippen MR) is 94.0 cm³/mol. The number of aromatic nitrogens is 1. The predicted octanol–water partition coefficient (Wildman–Crippen LogP) is 2.27. The van der Waals surface area contributed by atoms with Gasteiger partial charge in [0, 0.05) is 17.6 Å². The minimum atomic E-state index is -3.80. The van der Waals surface area contributed by atoms with Gasteiger partial charge in [-0.2, -0.15) is 0 Å². The molecule has 2 aromatic rings. The van der Waals surface area contributed by atoms with Crippen LogP contribution in [0.4, 0.5) is 5.13 Å². The van der Waals surface area contributed by atoms with Crippen molar-refractivity contribution in [1.29, 1.82) is 0 Å². The molecule has 1 atom stereocenters. The van der Waals surface area contributed by atoms with E-state index in [1.54, 1.807) is 12.3 Å². The molecule has 1 aromatic heterocycles. The van der Waals surface area contributed by atoms with Crippen LogP contribution in [-0.2, 0) is 20.0 Å². The number of nitrogens with zero attached hydrogens (tertiary/aromatic N) is 1. The normalized spacial score (nSPS) is 13.8. The van der Waals surface area contributed by atoms with Gasteiger partial charge < -0.3 is 0 Å². The Kier molecular flexibility index (Phi) is 5.63. The molecule has 132 valence electrons. The van der Waals surface area contributed by atoms with Gasteiger partial charge in [-0.15, -0.1) is 11.3 Å². The molecule has 0 unspecified atom stereocenters. The van der Waals surface area contributed by atoms with Crippen LogP contribution in [-0.4, -0.2) is 27.9 Å². The number of hydrogen-bond acceptors (Lipinski definition) is 6. The Labute approximate surface area is 146 Å². The maximum Gasteiger partial charge on any atom is 0.263 e. The fourth-order valence-corrected chi connectivity index (χ4v) is 4.88. The zero-order valence-corrected chi connectivity index (χ0v) is 15.9.